The number of benzene rings is 1. The van der Waals surface area contributed by atoms with Crippen molar-refractivity contribution in [1.29, 1.82) is 0 Å². The van der Waals surface area contributed by atoms with Crippen LogP contribution < -0.4 is 9.16 Å². The van der Waals surface area contributed by atoms with E-state index in [1.807, 2.05) is 18.2 Å². The van der Waals surface area contributed by atoms with Crippen LogP contribution in [-0.2, 0) is 0 Å². The first-order valence-electron chi connectivity index (χ1n) is 6.26. The number of nitrogens with zero attached hydrogens (tertiary/aromatic N) is 1. The SMILES string of the molecule is COc1ccc(/C=N/O)cc1O[Si](C)(C)C(C)(C)C. The fourth-order valence-electron chi connectivity index (χ4n) is 1.35. The number of rotatable bonds is 4. The van der Waals surface area contributed by atoms with Crippen molar-refractivity contribution in [3.63, 3.8) is 0 Å². The minimum absolute atomic E-state index is 0.110. The Morgan fingerprint density at radius 2 is 1.84 bits per heavy atom. The molecule has 0 spiro atoms. The molecule has 1 aromatic rings. The van der Waals surface area contributed by atoms with Crippen LogP contribution in [0.5, 0.6) is 11.5 Å². The first kappa shape index (κ1) is 15.6. The van der Waals surface area contributed by atoms with E-state index in [0.717, 1.165) is 5.56 Å². The molecule has 0 atom stereocenters. The Labute approximate surface area is 116 Å². The van der Waals surface area contributed by atoms with Crippen molar-refractivity contribution in [2.24, 2.45) is 5.16 Å². The summed E-state index contributed by atoms with van der Waals surface area (Å²) in [6, 6.07) is 5.47. The van der Waals surface area contributed by atoms with E-state index < -0.39 is 8.32 Å². The maximum absolute atomic E-state index is 8.60. The molecule has 4 nitrogen and oxygen atoms in total. The summed E-state index contributed by atoms with van der Waals surface area (Å²) >= 11 is 0. The van der Waals surface area contributed by atoms with Gasteiger partial charge >= 0.3 is 0 Å². The second-order valence-electron chi connectivity index (χ2n) is 6.02. The molecule has 0 bridgehead atoms. The Morgan fingerprint density at radius 3 is 2.32 bits per heavy atom. The van der Waals surface area contributed by atoms with Gasteiger partial charge in [0.05, 0.1) is 13.3 Å². The van der Waals surface area contributed by atoms with Gasteiger partial charge in [-0.1, -0.05) is 25.9 Å². The maximum atomic E-state index is 8.60. The van der Waals surface area contributed by atoms with Crippen LogP contribution in [0.15, 0.2) is 23.4 Å². The molecule has 0 aromatic heterocycles. The van der Waals surface area contributed by atoms with Gasteiger partial charge in [-0.3, -0.25) is 0 Å². The van der Waals surface area contributed by atoms with E-state index in [1.54, 1.807) is 7.11 Å². The van der Waals surface area contributed by atoms with E-state index in [9.17, 15) is 0 Å². The van der Waals surface area contributed by atoms with Crippen LogP contribution in [0, 0.1) is 0 Å². The molecule has 0 heterocycles. The van der Waals surface area contributed by atoms with Gasteiger partial charge in [0, 0.05) is 0 Å². The molecule has 0 aliphatic heterocycles. The van der Waals surface area contributed by atoms with Gasteiger partial charge in [0.15, 0.2) is 5.75 Å². The third kappa shape index (κ3) is 3.73. The number of hydrogen-bond acceptors (Lipinski definition) is 4. The predicted octanol–water partition coefficient (Wildman–Crippen LogP) is 3.89. The highest BCUT2D eigenvalue weighted by atomic mass is 28.4. The minimum Gasteiger partial charge on any atom is -0.541 e. The average Bonchev–Trinajstić information content (AvgIpc) is 2.28. The molecule has 0 aliphatic carbocycles. The van der Waals surface area contributed by atoms with Crippen molar-refractivity contribution in [2.45, 2.75) is 38.9 Å². The van der Waals surface area contributed by atoms with E-state index in [0.29, 0.717) is 11.5 Å². The van der Waals surface area contributed by atoms with Gasteiger partial charge in [-0.2, -0.15) is 0 Å². The van der Waals surface area contributed by atoms with Gasteiger partial charge in [-0.25, -0.2) is 0 Å². The van der Waals surface area contributed by atoms with Crippen molar-refractivity contribution in [3.8, 4) is 11.5 Å². The number of oxime groups is 1. The summed E-state index contributed by atoms with van der Waals surface area (Å²) in [5.41, 5.74) is 0.775. The predicted molar refractivity (Wildman–Crippen MR) is 80.2 cm³/mol. The molecule has 0 radical (unpaired) electrons. The normalized spacial score (nSPS) is 12.7. The van der Waals surface area contributed by atoms with Gasteiger partial charge in [-0.15, -0.1) is 0 Å². The van der Waals surface area contributed by atoms with Gasteiger partial charge in [0.25, 0.3) is 8.32 Å². The topological polar surface area (TPSA) is 51.0 Å². The molecule has 0 saturated heterocycles. The molecular formula is C14H23NO3Si. The molecule has 5 heteroatoms. The van der Waals surface area contributed by atoms with Crippen LogP contribution in [0.4, 0.5) is 0 Å². The Balaban J connectivity index is 3.14. The van der Waals surface area contributed by atoms with Crippen LogP contribution in [-0.4, -0.2) is 26.8 Å². The summed E-state index contributed by atoms with van der Waals surface area (Å²) in [5.74, 6) is 1.39. The third-order valence-electron chi connectivity index (χ3n) is 3.57. The Morgan fingerprint density at radius 1 is 1.21 bits per heavy atom. The van der Waals surface area contributed by atoms with Crippen molar-refractivity contribution in [1.82, 2.24) is 0 Å². The van der Waals surface area contributed by atoms with Crippen LogP contribution in [0.3, 0.4) is 0 Å². The smallest absolute Gasteiger partial charge is 0.250 e. The fraction of sp³-hybridized carbons (Fsp3) is 0.500. The van der Waals surface area contributed by atoms with Gasteiger partial charge in [0.2, 0.25) is 0 Å². The molecule has 0 amide bonds. The average molecular weight is 281 g/mol. The van der Waals surface area contributed by atoms with Gasteiger partial charge in [0.1, 0.15) is 5.75 Å². The molecule has 0 unspecified atom stereocenters. The van der Waals surface area contributed by atoms with Gasteiger partial charge in [-0.05, 0) is 41.9 Å². The summed E-state index contributed by atoms with van der Waals surface area (Å²) in [7, 11) is -0.308. The van der Waals surface area contributed by atoms with E-state index >= 15 is 0 Å². The lowest BCUT2D eigenvalue weighted by Crippen LogP contribution is -2.43. The first-order chi connectivity index (χ1) is 8.71. The first-order valence-corrected chi connectivity index (χ1v) is 9.16. The molecular weight excluding hydrogens is 258 g/mol. The summed E-state index contributed by atoms with van der Waals surface area (Å²) in [6.45, 7) is 10.9. The molecule has 0 saturated carbocycles. The monoisotopic (exact) mass is 281 g/mol. The molecule has 1 aromatic carbocycles. The summed E-state index contributed by atoms with van der Waals surface area (Å²) < 4.78 is 11.6. The van der Waals surface area contributed by atoms with Gasteiger partial charge < -0.3 is 14.4 Å². The molecule has 0 fully saturated rings. The molecule has 1 N–H and O–H groups in total. The second kappa shape index (κ2) is 5.65. The standard InChI is InChI=1S/C14H23NO3Si/c1-14(2,3)19(5,6)18-13-9-11(10-15-16)7-8-12(13)17-4/h7-10,16H,1-6H3/b15-10+. The summed E-state index contributed by atoms with van der Waals surface area (Å²) in [6.07, 6.45) is 1.37. The molecule has 1 rings (SSSR count). The van der Waals surface area contributed by atoms with E-state index in [-0.39, 0.29) is 5.04 Å². The largest absolute Gasteiger partial charge is 0.541 e. The minimum atomic E-state index is -1.93. The highest BCUT2D eigenvalue weighted by molar-refractivity contribution is 6.74. The van der Waals surface area contributed by atoms with E-state index in [1.165, 1.54) is 6.21 Å². The van der Waals surface area contributed by atoms with Crippen molar-refractivity contribution in [3.05, 3.63) is 23.8 Å². The zero-order valence-electron chi connectivity index (χ0n) is 12.5. The van der Waals surface area contributed by atoms with Crippen molar-refractivity contribution in [2.75, 3.05) is 7.11 Å². The Kier molecular flexibility index (Phi) is 4.63. The van der Waals surface area contributed by atoms with Crippen LogP contribution in [0.1, 0.15) is 26.3 Å². The lowest BCUT2D eigenvalue weighted by molar-refractivity contribution is 0.322. The quantitative estimate of drug-likeness (QED) is 0.394. The molecule has 106 valence electrons. The third-order valence-corrected chi connectivity index (χ3v) is 7.91. The summed E-state index contributed by atoms with van der Waals surface area (Å²) in [5, 5.41) is 11.8. The number of hydrogen-bond donors (Lipinski definition) is 1. The zero-order chi connectivity index (χ0) is 14.7. The maximum Gasteiger partial charge on any atom is 0.250 e. The van der Waals surface area contributed by atoms with Crippen LogP contribution in [0.2, 0.25) is 18.1 Å². The second-order valence-corrected chi connectivity index (χ2v) is 10.7. The highest BCUT2D eigenvalue weighted by Gasteiger charge is 2.39. The Bertz CT molecular complexity index is 464. The van der Waals surface area contributed by atoms with Crippen molar-refractivity contribution >= 4 is 14.5 Å². The molecule has 0 aliphatic rings. The molecule has 19 heavy (non-hydrogen) atoms. The lowest BCUT2D eigenvalue weighted by Gasteiger charge is -2.36. The summed E-state index contributed by atoms with van der Waals surface area (Å²) in [4.78, 5) is 0. The zero-order valence-corrected chi connectivity index (χ0v) is 13.5. The van der Waals surface area contributed by atoms with E-state index in [2.05, 4.69) is 39.0 Å². The fourth-order valence-corrected chi connectivity index (χ4v) is 2.36. The van der Waals surface area contributed by atoms with Crippen LogP contribution >= 0.6 is 0 Å². The lowest BCUT2D eigenvalue weighted by atomic mass is 10.2. The van der Waals surface area contributed by atoms with Crippen LogP contribution in [0.25, 0.3) is 0 Å². The highest BCUT2D eigenvalue weighted by Crippen LogP contribution is 2.40. The Hall–Kier alpha value is -1.49. The number of methoxy groups -OCH3 is 1. The number of ether oxygens (including phenoxy) is 1. The van der Waals surface area contributed by atoms with E-state index in [4.69, 9.17) is 14.4 Å². The van der Waals surface area contributed by atoms with Crippen molar-refractivity contribution < 1.29 is 14.4 Å².